The van der Waals surface area contributed by atoms with Crippen molar-refractivity contribution in [1.29, 1.82) is 0 Å². The van der Waals surface area contributed by atoms with E-state index < -0.39 is 0 Å². The highest BCUT2D eigenvalue weighted by Crippen LogP contribution is 2.38. The van der Waals surface area contributed by atoms with E-state index in [0.29, 0.717) is 18.1 Å². The van der Waals surface area contributed by atoms with Crippen LogP contribution in [-0.2, 0) is 12.8 Å². The third-order valence-electron chi connectivity index (χ3n) is 6.65. The van der Waals surface area contributed by atoms with Gasteiger partial charge in [0.15, 0.2) is 5.78 Å². The van der Waals surface area contributed by atoms with Crippen LogP contribution in [0, 0.1) is 5.92 Å². The summed E-state index contributed by atoms with van der Waals surface area (Å²) in [5.41, 5.74) is 7.83. The fourth-order valence-corrected chi connectivity index (χ4v) is 4.91. The Morgan fingerprint density at radius 1 is 0.833 bits per heavy atom. The number of fused-ring (bicyclic) bond motifs is 3. The molecule has 1 aliphatic carbocycles. The Morgan fingerprint density at radius 3 is 2.23 bits per heavy atom. The minimum absolute atomic E-state index is 0.300. The van der Waals surface area contributed by atoms with Gasteiger partial charge in [-0.3, -0.25) is 4.79 Å². The van der Waals surface area contributed by atoms with E-state index in [4.69, 9.17) is 0 Å². The molecule has 1 unspecified atom stereocenters. The molecule has 0 radical (unpaired) electrons. The van der Waals surface area contributed by atoms with Gasteiger partial charge < -0.3 is 0 Å². The first-order valence-electron chi connectivity index (χ1n) is 12.4. The van der Waals surface area contributed by atoms with Crippen molar-refractivity contribution >= 4 is 5.78 Å². The quantitative estimate of drug-likeness (QED) is 0.206. The molecule has 0 aliphatic heterocycles. The summed E-state index contributed by atoms with van der Waals surface area (Å²) in [5.74, 6) is 0.775. The van der Waals surface area contributed by atoms with Gasteiger partial charge in [-0.05, 0) is 59.1 Å². The van der Waals surface area contributed by atoms with Crippen molar-refractivity contribution in [3.63, 3.8) is 0 Å². The van der Waals surface area contributed by atoms with Gasteiger partial charge in [-0.15, -0.1) is 0 Å². The Bertz CT molecular complexity index is 832. The molecule has 0 bridgehead atoms. The summed E-state index contributed by atoms with van der Waals surface area (Å²) >= 11 is 0. The van der Waals surface area contributed by atoms with Crippen molar-refractivity contribution in [2.75, 3.05) is 0 Å². The lowest BCUT2D eigenvalue weighted by Gasteiger charge is -2.10. The normalized spacial score (nSPS) is 13.2. The summed E-state index contributed by atoms with van der Waals surface area (Å²) in [4.78, 5) is 12.7. The average molecular weight is 405 g/mol. The molecule has 1 heteroatoms. The van der Waals surface area contributed by atoms with Gasteiger partial charge in [-0.25, -0.2) is 0 Å². The van der Waals surface area contributed by atoms with Crippen molar-refractivity contribution in [2.24, 2.45) is 5.92 Å². The first-order chi connectivity index (χ1) is 14.6. The van der Waals surface area contributed by atoms with Crippen LogP contribution in [0.25, 0.3) is 11.1 Å². The SMILES string of the molecule is CCCCCCCCCc1ccc2c(c1)Cc1cc(C(=O)CC(C)CCC)ccc1-2. The van der Waals surface area contributed by atoms with Crippen LogP contribution in [0.1, 0.15) is 112 Å². The van der Waals surface area contributed by atoms with Crippen molar-refractivity contribution in [2.45, 2.75) is 97.8 Å². The van der Waals surface area contributed by atoms with Gasteiger partial charge in [0, 0.05) is 12.0 Å². The van der Waals surface area contributed by atoms with Crippen LogP contribution in [0.2, 0.25) is 0 Å². The molecule has 0 fully saturated rings. The molecule has 0 aromatic heterocycles. The molecule has 1 aliphatic rings. The molecule has 0 spiro atoms. The van der Waals surface area contributed by atoms with E-state index in [2.05, 4.69) is 51.1 Å². The molecular formula is C29H40O. The van der Waals surface area contributed by atoms with Crippen LogP contribution in [0.15, 0.2) is 36.4 Å². The highest BCUT2D eigenvalue weighted by atomic mass is 16.1. The summed E-state index contributed by atoms with van der Waals surface area (Å²) in [7, 11) is 0. The number of ketones is 1. The molecular weight excluding hydrogens is 364 g/mol. The number of hydrogen-bond donors (Lipinski definition) is 0. The van der Waals surface area contributed by atoms with Crippen molar-refractivity contribution < 1.29 is 4.79 Å². The van der Waals surface area contributed by atoms with Crippen LogP contribution in [0.3, 0.4) is 0 Å². The molecule has 3 rings (SSSR count). The third-order valence-corrected chi connectivity index (χ3v) is 6.65. The molecule has 162 valence electrons. The zero-order chi connectivity index (χ0) is 21.3. The van der Waals surface area contributed by atoms with Gasteiger partial charge in [0.25, 0.3) is 0 Å². The summed E-state index contributed by atoms with van der Waals surface area (Å²) < 4.78 is 0. The van der Waals surface area contributed by atoms with Crippen molar-refractivity contribution in [1.82, 2.24) is 0 Å². The summed E-state index contributed by atoms with van der Waals surface area (Å²) in [6, 6.07) is 13.4. The molecule has 0 saturated heterocycles. The fraction of sp³-hybridized carbons (Fsp3) is 0.552. The van der Waals surface area contributed by atoms with Gasteiger partial charge in [0.05, 0.1) is 0 Å². The van der Waals surface area contributed by atoms with E-state index in [1.165, 1.54) is 79.2 Å². The lowest BCUT2D eigenvalue weighted by molar-refractivity contribution is 0.0962. The Labute approximate surface area is 184 Å². The molecule has 1 nitrogen and oxygen atoms in total. The highest BCUT2D eigenvalue weighted by molar-refractivity contribution is 5.97. The van der Waals surface area contributed by atoms with E-state index in [9.17, 15) is 4.79 Å². The second-order valence-corrected chi connectivity index (χ2v) is 9.43. The van der Waals surface area contributed by atoms with E-state index >= 15 is 0 Å². The molecule has 2 aromatic carbocycles. The number of carbonyl (C=O) groups excluding carboxylic acids is 1. The topological polar surface area (TPSA) is 17.1 Å². The van der Waals surface area contributed by atoms with Gasteiger partial charge >= 0.3 is 0 Å². The van der Waals surface area contributed by atoms with Crippen LogP contribution in [0.4, 0.5) is 0 Å². The van der Waals surface area contributed by atoms with Gasteiger partial charge in [-0.2, -0.15) is 0 Å². The van der Waals surface area contributed by atoms with Crippen molar-refractivity contribution in [3.8, 4) is 11.1 Å². The van der Waals surface area contributed by atoms with Gasteiger partial charge in [-0.1, -0.05) is 102 Å². The molecule has 30 heavy (non-hydrogen) atoms. The number of carbonyl (C=O) groups is 1. The van der Waals surface area contributed by atoms with Gasteiger partial charge in [0.1, 0.15) is 0 Å². The third kappa shape index (κ3) is 6.06. The molecule has 0 heterocycles. The second-order valence-electron chi connectivity index (χ2n) is 9.43. The van der Waals surface area contributed by atoms with E-state index in [1.807, 2.05) is 6.07 Å². The maximum absolute atomic E-state index is 12.7. The predicted octanol–water partition coefficient (Wildman–Crippen LogP) is 8.56. The minimum atomic E-state index is 0.300. The maximum Gasteiger partial charge on any atom is 0.163 e. The number of hydrogen-bond acceptors (Lipinski definition) is 1. The fourth-order valence-electron chi connectivity index (χ4n) is 4.91. The molecule has 0 saturated carbocycles. The number of unbranched alkanes of at least 4 members (excludes halogenated alkanes) is 6. The number of rotatable bonds is 13. The lowest BCUT2D eigenvalue weighted by Crippen LogP contribution is -2.06. The standard InChI is InChI=1S/C29H40O/c1-4-6-7-8-9-10-11-13-23-14-16-27-25(19-23)21-26-20-24(15-17-28(26)27)29(30)18-22(3)12-5-2/h14-17,19-20,22H,4-13,18,21H2,1-3H3. The Hall–Kier alpha value is -1.89. The Balaban J connectivity index is 1.56. The second kappa shape index (κ2) is 11.5. The van der Waals surface area contributed by atoms with E-state index in [-0.39, 0.29) is 0 Å². The molecule has 0 N–H and O–H groups in total. The Morgan fingerprint density at radius 2 is 1.50 bits per heavy atom. The largest absolute Gasteiger partial charge is 0.294 e. The smallest absolute Gasteiger partial charge is 0.163 e. The lowest BCUT2D eigenvalue weighted by atomic mass is 9.94. The van der Waals surface area contributed by atoms with Crippen LogP contribution < -0.4 is 0 Å². The van der Waals surface area contributed by atoms with E-state index in [0.717, 1.165) is 24.8 Å². The molecule has 1 atom stereocenters. The molecule has 2 aromatic rings. The van der Waals surface area contributed by atoms with Crippen LogP contribution in [-0.4, -0.2) is 5.78 Å². The van der Waals surface area contributed by atoms with Crippen molar-refractivity contribution in [3.05, 3.63) is 58.7 Å². The number of benzene rings is 2. The zero-order valence-electron chi connectivity index (χ0n) is 19.4. The van der Waals surface area contributed by atoms with E-state index in [1.54, 1.807) is 0 Å². The van der Waals surface area contributed by atoms with Crippen LogP contribution >= 0.6 is 0 Å². The number of Topliss-reactive ketones (excluding diaryl/α,β-unsaturated/α-hetero) is 1. The Kier molecular flexibility index (Phi) is 8.73. The highest BCUT2D eigenvalue weighted by Gasteiger charge is 2.20. The minimum Gasteiger partial charge on any atom is -0.294 e. The first-order valence-corrected chi connectivity index (χ1v) is 12.4. The average Bonchev–Trinajstić information content (AvgIpc) is 3.10. The zero-order valence-corrected chi connectivity index (χ0v) is 19.4. The number of aryl methyl sites for hydroxylation is 1. The summed E-state index contributed by atoms with van der Waals surface area (Å²) in [5, 5.41) is 0. The maximum atomic E-state index is 12.7. The first kappa shape index (κ1) is 22.8. The monoisotopic (exact) mass is 404 g/mol. The summed E-state index contributed by atoms with van der Waals surface area (Å²) in [6.45, 7) is 6.66. The predicted molar refractivity (Wildman–Crippen MR) is 129 cm³/mol. The molecule has 0 amide bonds. The van der Waals surface area contributed by atoms with Crippen LogP contribution in [0.5, 0.6) is 0 Å². The van der Waals surface area contributed by atoms with Gasteiger partial charge in [0.2, 0.25) is 0 Å². The summed E-state index contributed by atoms with van der Waals surface area (Å²) in [6.07, 6.45) is 14.6.